The number of ketones is 1. The fraction of sp³-hybridized carbons (Fsp3) is 0.923. The van der Waals surface area contributed by atoms with Gasteiger partial charge in [-0.15, -0.1) is 0 Å². The average molecular weight is 513 g/mol. The Morgan fingerprint density at radius 3 is 2.36 bits per heavy atom. The molecule has 14 atom stereocenters. The van der Waals surface area contributed by atoms with Crippen LogP contribution in [0.3, 0.4) is 0 Å². The molecule has 0 amide bonds. The summed E-state index contributed by atoms with van der Waals surface area (Å²) in [6, 6.07) is 0. The third kappa shape index (κ3) is 4.32. The van der Waals surface area contributed by atoms with Crippen molar-refractivity contribution >= 4 is 11.8 Å². The fourth-order valence-corrected chi connectivity index (χ4v) is 8.89. The Balaban J connectivity index is 1.25. The third-order valence-electron chi connectivity index (χ3n) is 10.5. The Kier molecular flexibility index (Phi) is 7.26. The standard InChI is InChI=1S/C26H40O10/c1-26-9-17(28)19-13-5-3-12(27)8-11(13)2-4-14(19)15(26)6-7-16(26)18(29)10-35-25-22(32)20(30)21(31)23(36-25)24(33)34/h11-17,19-23,25,27-28,30-32H,2-10H2,1H3,(H,33,34)/t11-,12-,13-,14-,15-,16+,17+,19+,20-,21-,22+,23-,25?,26-/m0/s1. The topological polar surface area (TPSA) is 174 Å². The van der Waals surface area contributed by atoms with E-state index in [1.54, 1.807) is 0 Å². The maximum atomic E-state index is 13.3. The lowest BCUT2D eigenvalue weighted by Crippen LogP contribution is -2.60. The highest BCUT2D eigenvalue weighted by atomic mass is 16.7. The molecule has 36 heavy (non-hydrogen) atoms. The van der Waals surface area contributed by atoms with E-state index in [-0.39, 0.29) is 29.1 Å². The molecule has 1 aliphatic heterocycles. The number of aliphatic carboxylic acids is 1. The molecule has 0 radical (unpaired) electrons. The predicted octanol–water partition coefficient (Wildman–Crippen LogP) is 0.0648. The van der Waals surface area contributed by atoms with Crippen LogP contribution in [0.25, 0.3) is 0 Å². The SMILES string of the molecule is C[C@]12C[C@@H](O)[C@H]3[C@@H](CC[C@H]4C[C@@H](O)CC[C@@H]43)[C@@H]1CC[C@@H]2C(=O)COC1O[C@H](C(=O)O)[C@@H](O)[C@H](O)[C@H]1O. The number of Topliss-reactive ketones (excluding diaryl/α,β-unsaturated/α-hetero) is 1. The minimum Gasteiger partial charge on any atom is -0.479 e. The molecule has 6 N–H and O–H groups in total. The molecule has 1 saturated heterocycles. The first kappa shape index (κ1) is 26.5. The molecule has 5 aliphatic rings. The first-order valence-corrected chi connectivity index (χ1v) is 13.5. The van der Waals surface area contributed by atoms with Crippen molar-refractivity contribution < 1.29 is 49.7 Å². The number of hydrogen-bond acceptors (Lipinski definition) is 9. The number of fused-ring (bicyclic) bond motifs is 5. The van der Waals surface area contributed by atoms with Gasteiger partial charge in [0.1, 0.15) is 24.9 Å². The van der Waals surface area contributed by atoms with Gasteiger partial charge in [-0.25, -0.2) is 4.79 Å². The van der Waals surface area contributed by atoms with Gasteiger partial charge >= 0.3 is 5.97 Å². The zero-order valence-electron chi connectivity index (χ0n) is 20.7. The monoisotopic (exact) mass is 512 g/mol. The molecule has 0 aromatic carbocycles. The minimum atomic E-state index is -1.82. The van der Waals surface area contributed by atoms with E-state index >= 15 is 0 Å². The van der Waals surface area contributed by atoms with Crippen LogP contribution in [0.15, 0.2) is 0 Å². The zero-order valence-corrected chi connectivity index (χ0v) is 20.7. The van der Waals surface area contributed by atoms with E-state index in [4.69, 9.17) is 9.47 Å². The van der Waals surface area contributed by atoms with Crippen molar-refractivity contribution in [1.82, 2.24) is 0 Å². The molecule has 1 unspecified atom stereocenters. The Bertz CT molecular complexity index is 851. The summed E-state index contributed by atoms with van der Waals surface area (Å²) in [5.41, 5.74) is -0.382. The number of ether oxygens (including phenoxy) is 2. The quantitative estimate of drug-likeness (QED) is 0.296. The normalized spacial score (nSPS) is 52.7. The summed E-state index contributed by atoms with van der Waals surface area (Å²) in [6.45, 7) is 1.67. The first-order valence-electron chi connectivity index (χ1n) is 13.5. The van der Waals surface area contributed by atoms with Gasteiger partial charge in [0.2, 0.25) is 0 Å². The van der Waals surface area contributed by atoms with E-state index in [1.165, 1.54) is 0 Å². The molecular weight excluding hydrogens is 472 g/mol. The molecular formula is C26H40O10. The minimum absolute atomic E-state index is 0.191. The Morgan fingerprint density at radius 1 is 0.917 bits per heavy atom. The zero-order chi connectivity index (χ0) is 25.9. The van der Waals surface area contributed by atoms with Crippen LogP contribution in [-0.2, 0) is 19.1 Å². The highest BCUT2D eigenvalue weighted by Crippen LogP contribution is 2.64. The van der Waals surface area contributed by atoms with Crippen LogP contribution in [0.2, 0.25) is 0 Å². The lowest BCUT2D eigenvalue weighted by molar-refractivity contribution is -0.292. The number of carbonyl (C=O) groups excluding carboxylic acids is 1. The first-order chi connectivity index (χ1) is 17.0. The molecule has 5 rings (SSSR count). The van der Waals surface area contributed by atoms with Crippen LogP contribution < -0.4 is 0 Å². The smallest absolute Gasteiger partial charge is 0.335 e. The van der Waals surface area contributed by atoms with E-state index in [1.807, 2.05) is 0 Å². The van der Waals surface area contributed by atoms with Gasteiger partial charge < -0.3 is 40.1 Å². The maximum Gasteiger partial charge on any atom is 0.335 e. The molecule has 0 spiro atoms. The highest BCUT2D eigenvalue weighted by molar-refractivity contribution is 5.83. The summed E-state index contributed by atoms with van der Waals surface area (Å²) in [6.07, 6.45) is -2.62. The van der Waals surface area contributed by atoms with Crippen molar-refractivity contribution in [3.63, 3.8) is 0 Å². The largest absolute Gasteiger partial charge is 0.479 e. The van der Waals surface area contributed by atoms with E-state index in [0.29, 0.717) is 36.5 Å². The Morgan fingerprint density at radius 2 is 1.64 bits per heavy atom. The molecule has 1 heterocycles. The molecule has 10 heteroatoms. The van der Waals surface area contributed by atoms with Gasteiger partial charge in [-0.1, -0.05) is 6.92 Å². The molecule has 4 saturated carbocycles. The van der Waals surface area contributed by atoms with Crippen molar-refractivity contribution in [2.75, 3.05) is 6.61 Å². The Hall–Kier alpha value is -1.14. The fourth-order valence-electron chi connectivity index (χ4n) is 8.89. The van der Waals surface area contributed by atoms with E-state index in [0.717, 1.165) is 38.5 Å². The van der Waals surface area contributed by atoms with Crippen LogP contribution in [0, 0.1) is 40.9 Å². The molecule has 204 valence electrons. The van der Waals surface area contributed by atoms with Crippen LogP contribution in [-0.4, -0.2) is 91.9 Å². The number of carbonyl (C=O) groups is 2. The second-order valence-corrected chi connectivity index (χ2v) is 12.2. The molecule has 10 nitrogen and oxygen atoms in total. The van der Waals surface area contributed by atoms with Gasteiger partial charge in [0.25, 0.3) is 0 Å². The van der Waals surface area contributed by atoms with Gasteiger partial charge in [-0.2, -0.15) is 0 Å². The lowest BCUT2D eigenvalue weighted by atomic mass is 9.48. The number of aliphatic hydroxyl groups excluding tert-OH is 5. The van der Waals surface area contributed by atoms with Gasteiger partial charge in [-0.3, -0.25) is 4.79 Å². The van der Waals surface area contributed by atoms with Gasteiger partial charge in [0.15, 0.2) is 18.2 Å². The van der Waals surface area contributed by atoms with Crippen molar-refractivity contribution in [2.24, 2.45) is 40.9 Å². The summed E-state index contributed by atoms with van der Waals surface area (Å²) >= 11 is 0. The van der Waals surface area contributed by atoms with E-state index < -0.39 is 49.4 Å². The number of hydrogen-bond donors (Lipinski definition) is 6. The highest BCUT2D eigenvalue weighted by Gasteiger charge is 2.61. The van der Waals surface area contributed by atoms with Crippen LogP contribution in [0.4, 0.5) is 0 Å². The summed E-state index contributed by atoms with van der Waals surface area (Å²) in [4.78, 5) is 24.7. The van der Waals surface area contributed by atoms with Crippen molar-refractivity contribution in [1.29, 1.82) is 0 Å². The molecule has 0 bridgehead atoms. The van der Waals surface area contributed by atoms with E-state index in [2.05, 4.69) is 6.92 Å². The van der Waals surface area contributed by atoms with Crippen LogP contribution in [0.5, 0.6) is 0 Å². The summed E-state index contributed by atoms with van der Waals surface area (Å²) in [5.74, 6) is -0.259. The third-order valence-corrected chi connectivity index (χ3v) is 10.5. The average Bonchev–Trinajstić information content (AvgIpc) is 3.17. The molecule has 5 fully saturated rings. The summed E-state index contributed by atoms with van der Waals surface area (Å²) < 4.78 is 10.6. The maximum absolute atomic E-state index is 13.3. The second-order valence-electron chi connectivity index (χ2n) is 12.2. The van der Waals surface area contributed by atoms with Crippen molar-refractivity contribution in [2.45, 2.75) is 101 Å². The number of carboxylic acids is 1. The Labute approximate surface area is 210 Å². The number of rotatable bonds is 5. The second kappa shape index (κ2) is 9.87. The van der Waals surface area contributed by atoms with E-state index in [9.17, 15) is 40.2 Å². The predicted molar refractivity (Wildman–Crippen MR) is 123 cm³/mol. The number of carboxylic acid groups (broad SMARTS) is 1. The van der Waals surface area contributed by atoms with Crippen LogP contribution >= 0.6 is 0 Å². The molecule has 4 aliphatic carbocycles. The van der Waals surface area contributed by atoms with Gasteiger partial charge in [0.05, 0.1) is 12.2 Å². The van der Waals surface area contributed by atoms with Gasteiger partial charge in [0, 0.05) is 5.92 Å². The van der Waals surface area contributed by atoms with Crippen molar-refractivity contribution in [3.8, 4) is 0 Å². The molecule has 0 aromatic rings. The van der Waals surface area contributed by atoms with Crippen LogP contribution in [0.1, 0.15) is 58.3 Å². The van der Waals surface area contributed by atoms with Crippen molar-refractivity contribution in [3.05, 3.63) is 0 Å². The van der Waals surface area contributed by atoms with Gasteiger partial charge in [-0.05, 0) is 86.4 Å². The number of aliphatic hydroxyl groups is 5. The summed E-state index contributed by atoms with van der Waals surface area (Å²) in [5, 5.41) is 60.7. The summed E-state index contributed by atoms with van der Waals surface area (Å²) in [7, 11) is 0. The lowest BCUT2D eigenvalue weighted by Gasteiger charge is -2.57. The molecule has 0 aromatic heterocycles.